The van der Waals surface area contributed by atoms with E-state index in [1.54, 1.807) is 7.11 Å². The monoisotopic (exact) mass is 253 g/mol. The normalized spacial score (nSPS) is 26.2. The van der Waals surface area contributed by atoms with Gasteiger partial charge in [-0.1, -0.05) is 24.9 Å². The van der Waals surface area contributed by atoms with Crippen molar-refractivity contribution in [2.24, 2.45) is 11.7 Å². The van der Waals surface area contributed by atoms with Crippen LogP contribution in [0.2, 0.25) is 0 Å². The van der Waals surface area contributed by atoms with Crippen LogP contribution in [-0.4, -0.2) is 29.9 Å². The Kier molecular flexibility index (Phi) is 4.72. The SMILES string of the molecule is COC(CN)Cc1nc(C2CCCC(C)C2)no1. The summed E-state index contributed by atoms with van der Waals surface area (Å²) in [5.74, 6) is 2.73. The highest BCUT2D eigenvalue weighted by Crippen LogP contribution is 2.34. The van der Waals surface area contributed by atoms with Crippen molar-refractivity contribution in [2.45, 2.75) is 51.0 Å². The van der Waals surface area contributed by atoms with E-state index in [1.165, 1.54) is 25.7 Å². The van der Waals surface area contributed by atoms with E-state index in [4.69, 9.17) is 15.0 Å². The van der Waals surface area contributed by atoms with Crippen LogP contribution in [0.1, 0.15) is 50.2 Å². The third kappa shape index (κ3) is 3.29. The largest absolute Gasteiger partial charge is 0.380 e. The first-order valence-electron chi connectivity index (χ1n) is 6.78. The van der Waals surface area contributed by atoms with Gasteiger partial charge in [-0.2, -0.15) is 4.98 Å². The van der Waals surface area contributed by atoms with Crippen LogP contribution in [-0.2, 0) is 11.2 Å². The Bertz CT molecular complexity index is 363. The molecule has 1 aliphatic rings. The van der Waals surface area contributed by atoms with Gasteiger partial charge < -0.3 is 15.0 Å². The van der Waals surface area contributed by atoms with E-state index in [9.17, 15) is 0 Å². The van der Waals surface area contributed by atoms with Gasteiger partial charge in [0.25, 0.3) is 0 Å². The first-order valence-corrected chi connectivity index (χ1v) is 6.78. The van der Waals surface area contributed by atoms with E-state index in [-0.39, 0.29) is 6.10 Å². The van der Waals surface area contributed by atoms with Crippen LogP contribution < -0.4 is 5.73 Å². The topological polar surface area (TPSA) is 74.2 Å². The minimum absolute atomic E-state index is 0.0384. The average molecular weight is 253 g/mol. The summed E-state index contributed by atoms with van der Waals surface area (Å²) in [6.45, 7) is 2.76. The van der Waals surface area contributed by atoms with Gasteiger partial charge in [-0.15, -0.1) is 0 Å². The first kappa shape index (κ1) is 13.5. The lowest BCUT2D eigenvalue weighted by Gasteiger charge is -2.23. The molecule has 18 heavy (non-hydrogen) atoms. The fraction of sp³-hybridized carbons (Fsp3) is 0.846. The molecule has 0 radical (unpaired) electrons. The lowest BCUT2D eigenvalue weighted by molar-refractivity contribution is 0.102. The minimum Gasteiger partial charge on any atom is -0.380 e. The molecule has 2 rings (SSSR count). The van der Waals surface area contributed by atoms with Gasteiger partial charge in [0.2, 0.25) is 5.89 Å². The zero-order valence-electron chi connectivity index (χ0n) is 11.3. The van der Waals surface area contributed by atoms with E-state index >= 15 is 0 Å². The first-order chi connectivity index (χ1) is 8.72. The maximum atomic E-state index is 5.58. The Morgan fingerprint density at radius 1 is 1.50 bits per heavy atom. The third-order valence-electron chi connectivity index (χ3n) is 3.78. The molecule has 5 nitrogen and oxygen atoms in total. The smallest absolute Gasteiger partial charge is 0.229 e. The molecule has 3 unspecified atom stereocenters. The second-order valence-corrected chi connectivity index (χ2v) is 5.31. The van der Waals surface area contributed by atoms with Gasteiger partial charge in [0, 0.05) is 19.6 Å². The van der Waals surface area contributed by atoms with Crippen molar-refractivity contribution in [1.29, 1.82) is 0 Å². The van der Waals surface area contributed by atoms with Crippen LogP contribution in [0.3, 0.4) is 0 Å². The van der Waals surface area contributed by atoms with Gasteiger partial charge in [0.05, 0.1) is 12.5 Å². The summed E-state index contributed by atoms with van der Waals surface area (Å²) in [6, 6.07) is 0. The summed E-state index contributed by atoms with van der Waals surface area (Å²) in [6.07, 6.45) is 5.49. The number of aromatic nitrogens is 2. The van der Waals surface area contributed by atoms with Crippen molar-refractivity contribution in [1.82, 2.24) is 10.1 Å². The average Bonchev–Trinajstić information content (AvgIpc) is 2.84. The summed E-state index contributed by atoms with van der Waals surface area (Å²) in [5.41, 5.74) is 5.58. The highest BCUT2D eigenvalue weighted by Gasteiger charge is 2.25. The molecule has 1 aliphatic carbocycles. The van der Waals surface area contributed by atoms with Crippen LogP contribution in [0.4, 0.5) is 0 Å². The fourth-order valence-corrected chi connectivity index (χ4v) is 2.64. The van der Waals surface area contributed by atoms with E-state index in [0.29, 0.717) is 24.8 Å². The van der Waals surface area contributed by atoms with E-state index < -0.39 is 0 Å². The van der Waals surface area contributed by atoms with Crippen LogP contribution in [0, 0.1) is 5.92 Å². The molecule has 1 saturated carbocycles. The number of ether oxygens (including phenoxy) is 1. The van der Waals surface area contributed by atoms with Crippen molar-refractivity contribution in [3.63, 3.8) is 0 Å². The van der Waals surface area contributed by atoms with Gasteiger partial charge in [-0.05, 0) is 18.8 Å². The number of rotatable bonds is 5. The molecular formula is C13H23N3O2. The summed E-state index contributed by atoms with van der Waals surface area (Å²) >= 11 is 0. The quantitative estimate of drug-likeness (QED) is 0.867. The lowest BCUT2D eigenvalue weighted by atomic mass is 9.82. The molecule has 0 amide bonds. The Balaban J connectivity index is 1.96. The molecule has 1 heterocycles. The minimum atomic E-state index is -0.0384. The number of hydrogen-bond donors (Lipinski definition) is 1. The van der Waals surface area contributed by atoms with Crippen molar-refractivity contribution >= 4 is 0 Å². The highest BCUT2D eigenvalue weighted by molar-refractivity contribution is 4.98. The molecule has 1 fully saturated rings. The number of hydrogen-bond acceptors (Lipinski definition) is 5. The van der Waals surface area contributed by atoms with Gasteiger partial charge in [0.15, 0.2) is 5.82 Å². The van der Waals surface area contributed by atoms with Crippen molar-refractivity contribution < 1.29 is 9.26 Å². The molecule has 2 N–H and O–H groups in total. The zero-order chi connectivity index (χ0) is 13.0. The Hall–Kier alpha value is -0.940. The Morgan fingerprint density at radius 2 is 2.33 bits per heavy atom. The summed E-state index contributed by atoms with van der Waals surface area (Å²) < 4.78 is 10.5. The number of nitrogens with two attached hydrogens (primary N) is 1. The van der Waals surface area contributed by atoms with Gasteiger partial charge in [-0.25, -0.2) is 0 Å². The van der Waals surface area contributed by atoms with Gasteiger partial charge >= 0.3 is 0 Å². The predicted molar refractivity (Wildman–Crippen MR) is 68.2 cm³/mol. The molecule has 102 valence electrons. The van der Waals surface area contributed by atoms with Crippen LogP contribution in [0.15, 0.2) is 4.52 Å². The zero-order valence-corrected chi connectivity index (χ0v) is 11.3. The Labute approximate surface area is 108 Å². The molecule has 0 bridgehead atoms. The lowest BCUT2D eigenvalue weighted by Crippen LogP contribution is -2.24. The molecular weight excluding hydrogens is 230 g/mol. The van der Waals surface area contributed by atoms with E-state index in [1.807, 2.05) is 0 Å². The molecule has 5 heteroatoms. The molecule has 0 aliphatic heterocycles. The third-order valence-corrected chi connectivity index (χ3v) is 3.78. The maximum absolute atomic E-state index is 5.58. The van der Waals surface area contributed by atoms with Crippen molar-refractivity contribution in [2.75, 3.05) is 13.7 Å². The van der Waals surface area contributed by atoms with Crippen LogP contribution in [0.25, 0.3) is 0 Å². The summed E-state index contributed by atoms with van der Waals surface area (Å²) in [4.78, 5) is 4.49. The van der Waals surface area contributed by atoms with Gasteiger partial charge in [0.1, 0.15) is 0 Å². The van der Waals surface area contributed by atoms with E-state index in [2.05, 4.69) is 17.1 Å². The standard InChI is InChI=1S/C13H23N3O2/c1-9-4-3-5-10(6-9)13-15-12(18-16-13)7-11(8-14)17-2/h9-11H,3-8,14H2,1-2H3. The van der Waals surface area contributed by atoms with E-state index in [0.717, 1.165) is 11.7 Å². The van der Waals surface area contributed by atoms with Gasteiger partial charge in [-0.3, -0.25) is 0 Å². The highest BCUT2D eigenvalue weighted by atomic mass is 16.5. The van der Waals surface area contributed by atoms with Crippen LogP contribution in [0.5, 0.6) is 0 Å². The summed E-state index contributed by atoms with van der Waals surface area (Å²) in [7, 11) is 1.65. The second kappa shape index (κ2) is 6.29. The van der Waals surface area contributed by atoms with Crippen molar-refractivity contribution in [3.8, 4) is 0 Å². The number of nitrogens with zero attached hydrogens (tertiary/aromatic N) is 2. The molecule has 1 aromatic rings. The number of methoxy groups -OCH3 is 1. The second-order valence-electron chi connectivity index (χ2n) is 5.31. The maximum Gasteiger partial charge on any atom is 0.229 e. The molecule has 0 aromatic carbocycles. The molecule has 1 aromatic heterocycles. The summed E-state index contributed by atoms with van der Waals surface area (Å²) in [5, 5.41) is 4.11. The van der Waals surface area contributed by atoms with Crippen molar-refractivity contribution in [3.05, 3.63) is 11.7 Å². The molecule has 0 saturated heterocycles. The molecule has 0 spiro atoms. The predicted octanol–water partition coefficient (Wildman–Crippen LogP) is 1.88. The fourth-order valence-electron chi connectivity index (χ4n) is 2.64. The molecule has 3 atom stereocenters. The Morgan fingerprint density at radius 3 is 3.00 bits per heavy atom. The van der Waals surface area contributed by atoms with Crippen LogP contribution >= 0.6 is 0 Å².